The molecule has 0 radical (unpaired) electrons. The van der Waals surface area contributed by atoms with Crippen LogP contribution >= 0.6 is 0 Å². The summed E-state index contributed by atoms with van der Waals surface area (Å²) in [6.07, 6.45) is 5.20. The summed E-state index contributed by atoms with van der Waals surface area (Å²) in [5, 5.41) is 8.88. The maximum atomic E-state index is 14.3. The normalized spacial score (nSPS) is 17.0. The monoisotopic (exact) mass is 257 g/mol. The molecule has 0 fully saturated rings. The van der Waals surface area contributed by atoms with Crippen LogP contribution in [0.25, 0.3) is 0 Å². The van der Waals surface area contributed by atoms with E-state index in [2.05, 4.69) is 4.98 Å². The number of hydrogen-bond acceptors (Lipinski definition) is 3. The summed E-state index contributed by atoms with van der Waals surface area (Å²) in [6, 6.07) is 4.66. The first-order valence-corrected chi connectivity index (χ1v) is 6.03. The van der Waals surface area contributed by atoms with E-state index in [-0.39, 0.29) is 11.6 Å². The fourth-order valence-electron chi connectivity index (χ4n) is 2.66. The van der Waals surface area contributed by atoms with Crippen LogP contribution in [0, 0.1) is 17.1 Å². The topological polar surface area (TPSA) is 50.8 Å². The van der Waals surface area contributed by atoms with Gasteiger partial charge in [0.15, 0.2) is 0 Å². The van der Waals surface area contributed by atoms with Crippen LogP contribution in [0.4, 0.5) is 4.39 Å². The van der Waals surface area contributed by atoms with Gasteiger partial charge in [-0.2, -0.15) is 5.26 Å². The van der Waals surface area contributed by atoms with Crippen LogP contribution in [0.3, 0.4) is 0 Å². The Labute approximate surface area is 110 Å². The van der Waals surface area contributed by atoms with Crippen molar-refractivity contribution in [3.05, 3.63) is 47.3 Å². The molecule has 0 aliphatic carbocycles. The average molecular weight is 257 g/mol. The van der Waals surface area contributed by atoms with Crippen LogP contribution in [-0.4, -0.2) is 16.7 Å². The number of nitriles is 1. The molecule has 3 rings (SSSR count). The number of aromatic nitrogens is 2. The van der Waals surface area contributed by atoms with Gasteiger partial charge < -0.3 is 9.30 Å². The van der Waals surface area contributed by atoms with Crippen LogP contribution in [0.15, 0.2) is 24.7 Å². The molecule has 0 saturated heterocycles. The van der Waals surface area contributed by atoms with Crippen LogP contribution in [0.1, 0.15) is 29.3 Å². The highest BCUT2D eigenvalue weighted by Gasteiger charge is 2.28. The number of imidazole rings is 1. The predicted molar refractivity (Wildman–Crippen MR) is 66.4 cm³/mol. The van der Waals surface area contributed by atoms with E-state index in [1.165, 1.54) is 13.2 Å². The molecule has 2 heterocycles. The van der Waals surface area contributed by atoms with Gasteiger partial charge in [0.2, 0.25) is 0 Å². The van der Waals surface area contributed by atoms with E-state index >= 15 is 0 Å². The Balaban J connectivity index is 2.14. The number of hydrogen-bond donors (Lipinski definition) is 0. The minimum Gasteiger partial charge on any atom is -0.496 e. The Bertz CT molecular complexity index is 672. The number of ether oxygens (including phenoxy) is 1. The third-order valence-electron chi connectivity index (χ3n) is 3.53. The second kappa shape index (κ2) is 4.39. The van der Waals surface area contributed by atoms with Crippen LogP contribution in [-0.2, 0) is 6.42 Å². The van der Waals surface area contributed by atoms with Crippen LogP contribution < -0.4 is 4.74 Å². The first-order chi connectivity index (χ1) is 9.24. The van der Waals surface area contributed by atoms with Crippen molar-refractivity contribution >= 4 is 0 Å². The predicted octanol–water partition coefficient (Wildman–Crippen LogP) is 2.44. The van der Waals surface area contributed by atoms with Gasteiger partial charge in [-0.3, -0.25) is 0 Å². The SMILES string of the molecule is COc1cc(C#N)cc(F)c1C1CCc2cncn21. The molecule has 1 unspecified atom stereocenters. The molecule has 0 bridgehead atoms. The molecule has 0 spiro atoms. The Hall–Kier alpha value is -2.35. The lowest BCUT2D eigenvalue weighted by atomic mass is 10.0. The van der Waals surface area contributed by atoms with Gasteiger partial charge in [-0.05, 0) is 25.0 Å². The molecule has 0 amide bonds. The van der Waals surface area contributed by atoms with E-state index in [1.807, 2.05) is 10.6 Å². The van der Waals surface area contributed by atoms with E-state index < -0.39 is 5.82 Å². The number of benzene rings is 1. The van der Waals surface area contributed by atoms with Gasteiger partial charge in [0, 0.05) is 11.9 Å². The van der Waals surface area contributed by atoms with Crippen molar-refractivity contribution in [2.45, 2.75) is 18.9 Å². The molecule has 5 heteroatoms. The fraction of sp³-hybridized carbons (Fsp3) is 0.286. The summed E-state index contributed by atoms with van der Waals surface area (Å²) in [5.41, 5.74) is 1.86. The Morgan fingerprint density at radius 2 is 2.37 bits per heavy atom. The molecule has 1 aromatic heterocycles. The molecule has 96 valence electrons. The first-order valence-electron chi connectivity index (χ1n) is 6.03. The number of aryl methyl sites for hydroxylation is 1. The lowest BCUT2D eigenvalue weighted by Crippen LogP contribution is -2.09. The second-order valence-electron chi connectivity index (χ2n) is 4.53. The van der Waals surface area contributed by atoms with Crippen molar-refractivity contribution in [1.29, 1.82) is 5.26 Å². The van der Waals surface area contributed by atoms with E-state index in [9.17, 15) is 4.39 Å². The number of methoxy groups -OCH3 is 1. The first kappa shape index (κ1) is 11.7. The molecule has 0 N–H and O–H groups in total. The third kappa shape index (κ3) is 1.76. The van der Waals surface area contributed by atoms with Crippen molar-refractivity contribution in [3.63, 3.8) is 0 Å². The molecule has 1 aliphatic heterocycles. The Kier molecular flexibility index (Phi) is 2.71. The number of rotatable bonds is 2. The van der Waals surface area contributed by atoms with Gasteiger partial charge in [0.05, 0.1) is 36.7 Å². The average Bonchev–Trinajstić information content (AvgIpc) is 3.01. The molecular formula is C14H12FN3O. The Morgan fingerprint density at radius 1 is 1.53 bits per heavy atom. The highest BCUT2D eigenvalue weighted by atomic mass is 19.1. The zero-order valence-electron chi connectivity index (χ0n) is 10.4. The minimum atomic E-state index is -0.401. The molecule has 0 saturated carbocycles. The molecule has 2 aromatic rings. The van der Waals surface area contributed by atoms with E-state index in [4.69, 9.17) is 10.00 Å². The number of nitrogens with zero attached hydrogens (tertiary/aromatic N) is 3. The summed E-state index contributed by atoms with van der Waals surface area (Å²) >= 11 is 0. The molecule has 19 heavy (non-hydrogen) atoms. The second-order valence-corrected chi connectivity index (χ2v) is 4.53. The van der Waals surface area contributed by atoms with Gasteiger partial charge in [0.1, 0.15) is 11.6 Å². The van der Waals surface area contributed by atoms with Crippen molar-refractivity contribution in [1.82, 2.24) is 9.55 Å². The van der Waals surface area contributed by atoms with E-state index in [0.717, 1.165) is 18.5 Å². The molecule has 1 aliphatic rings. The van der Waals surface area contributed by atoms with Gasteiger partial charge in [-0.15, -0.1) is 0 Å². The number of halogens is 1. The zero-order chi connectivity index (χ0) is 13.4. The highest BCUT2D eigenvalue weighted by Crippen LogP contribution is 2.38. The van der Waals surface area contributed by atoms with E-state index in [1.54, 1.807) is 18.6 Å². The molecular weight excluding hydrogens is 245 g/mol. The zero-order valence-corrected chi connectivity index (χ0v) is 10.4. The Morgan fingerprint density at radius 3 is 3.11 bits per heavy atom. The summed E-state index contributed by atoms with van der Waals surface area (Å²) in [6.45, 7) is 0. The molecule has 1 atom stereocenters. The van der Waals surface area contributed by atoms with Gasteiger partial charge in [-0.25, -0.2) is 9.37 Å². The van der Waals surface area contributed by atoms with Crippen molar-refractivity contribution in [2.24, 2.45) is 0 Å². The van der Waals surface area contributed by atoms with Crippen LogP contribution in [0.5, 0.6) is 5.75 Å². The minimum absolute atomic E-state index is 0.111. The maximum absolute atomic E-state index is 14.3. The number of fused-ring (bicyclic) bond motifs is 1. The molecule has 4 nitrogen and oxygen atoms in total. The van der Waals surface area contributed by atoms with Crippen molar-refractivity contribution in [2.75, 3.05) is 7.11 Å². The fourth-order valence-corrected chi connectivity index (χ4v) is 2.66. The summed E-state index contributed by atoms with van der Waals surface area (Å²) < 4.78 is 21.5. The van der Waals surface area contributed by atoms with Crippen molar-refractivity contribution in [3.8, 4) is 11.8 Å². The lowest BCUT2D eigenvalue weighted by Gasteiger charge is -2.18. The summed E-state index contributed by atoms with van der Waals surface area (Å²) in [4.78, 5) is 4.09. The molecule has 1 aromatic carbocycles. The van der Waals surface area contributed by atoms with Gasteiger partial charge in [-0.1, -0.05) is 0 Å². The summed E-state index contributed by atoms with van der Waals surface area (Å²) in [5.74, 6) is 0.0190. The maximum Gasteiger partial charge on any atom is 0.133 e. The highest BCUT2D eigenvalue weighted by molar-refractivity contribution is 5.46. The standard InChI is InChI=1S/C14H12FN3O/c1-19-13-5-9(6-16)4-11(15)14(13)12-3-2-10-7-17-8-18(10)12/h4-5,7-8,12H,2-3H2,1H3. The van der Waals surface area contributed by atoms with Crippen molar-refractivity contribution < 1.29 is 9.13 Å². The smallest absolute Gasteiger partial charge is 0.133 e. The lowest BCUT2D eigenvalue weighted by molar-refractivity contribution is 0.394. The third-order valence-corrected chi connectivity index (χ3v) is 3.53. The largest absolute Gasteiger partial charge is 0.496 e. The summed E-state index contributed by atoms with van der Waals surface area (Å²) in [7, 11) is 1.49. The van der Waals surface area contributed by atoms with Crippen LogP contribution in [0.2, 0.25) is 0 Å². The van der Waals surface area contributed by atoms with Gasteiger partial charge >= 0.3 is 0 Å². The van der Waals surface area contributed by atoms with Gasteiger partial charge in [0.25, 0.3) is 0 Å². The van der Waals surface area contributed by atoms with E-state index in [0.29, 0.717) is 11.3 Å². The quantitative estimate of drug-likeness (QED) is 0.830.